The zero-order valence-corrected chi connectivity index (χ0v) is 13.2. The first-order valence-corrected chi connectivity index (χ1v) is 7.67. The molecular weight excluding hydrogens is 321 g/mol. The summed E-state index contributed by atoms with van der Waals surface area (Å²) in [4.78, 5) is 11.5. The molecule has 0 spiro atoms. The third kappa shape index (κ3) is 3.84. The molecule has 0 saturated heterocycles. The standard InChI is InChI=1S/C20H16FNO3/c21-16-5-7-17(8-6-16)22-19-11-15(4-9-18(19)20(24)25)14-3-1-2-13(10-14)12-23/h1-11,22-23H,12H2,(H,24,25). The van der Waals surface area contributed by atoms with Crippen molar-refractivity contribution in [2.45, 2.75) is 6.61 Å². The first-order valence-electron chi connectivity index (χ1n) is 7.67. The number of benzene rings is 3. The highest BCUT2D eigenvalue weighted by Crippen LogP contribution is 2.29. The van der Waals surface area contributed by atoms with Crippen LogP contribution in [0.2, 0.25) is 0 Å². The van der Waals surface area contributed by atoms with Gasteiger partial charge in [-0.3, -0.25) is 0 Å². The Hall–Kier alpha value is -3.18. The highest BCUT2D eigenvalue weighted by atomic mass is 19.1. The average molecular weight is 337 g/mol. The lowest BCUT2D eigenvalue weighted by Gasteiger charge is -2.12. The zero-order valence-electron chi connectivity index (χ0n) is 13.2. The van der Waals surface area contributed by atoms with Crippen LogP contribution in [0.25, 0.3) is 11.1 Å². The van der Waals surface area contributed by atoms with E-state index in [1.165, 1.54) is 18.2 Å². The predicted octanol–water partition coefficient (Wildman–Crippen LogP) is 4.43. The fourth-order valence-corrected chi connectivity index (χ4v) is 2.55. The molecule has 0 amide bonds. The number of hydrogen-bond donors (Lipinski definition) is 3. The van der Waals surface area contributed by atoms with Gasteiger partial charge in [0.25, 0.3) is 0 Å². The van der Waals surface area contributed by atoms with Crippen LogP contribution in [0.3, 0.4) is 0 Å². The number of halogens is 1. The summed E-state index contributed by atoms with van der Waals surface area (Å²) in [7, 11) is 0. The average Bonchev–Trinajstić information content (AvgIpc) is 2.63. The van der Waals surface area contributed by atoms with Crippen LogP contribution in [0.4, 0.5) is 15.8 Å². The van der Waals surface area contributed by atoms with Crippen molar-refractivity contribution < 1.29 is 19.4 Å². The van der Waals surface area contributed by atoms with E-state index in [1.54, 1.807) is 24.3 Å². The number of aromatic carboxylic acids is 1. The number of rotatable bonds is 5. The maximum atomic E-state index is 13.0. The number of aliphatic hydroxyl groups is 1. The number of carbonyl (C=O) groups is 1. The highest BCUT2D eigenvalue weighted by molar-refractivity contribution is 5.96. The molecule has 0 aliphatic carbocycles. The fraction of sp³-hybridized carbons (Fsp3) is 0.0500. The molecule has 3 aromatic rings. The third-order valence-corrected chi connectivity index (χ3v) is 3.82. The number of anilines is 2. The minimum atomic E-state index is -1.06. The first kappa shape index (κ1) is 16.7. The SMILES string of the molecule is O=C(O)c1ccc(-c2cccc(CO)c2)cc1Nc1ccc(F)cc1. The predicted molar refractivity (Wildman–Crippen MR) is 94.4 cm³/mol. The summed E-state index contributed by atoms with van der Waals surface area (Å²) in [6.45, 7) is -0.0677. The Bertz CT molecular complexity index is 907. The molecule has 0 bridgehead atoms. The summed E-state index contributed by atoms with van der Waals surface area (Å²) >= 11 is 0. The van der Waals surface area contributed by atoms with Gasteiger partial charge in [0.1, 0.15) is 5.82 Å². The normalized spacial score (nSPS) is 10.5. The van der Waals surface area contributed by atoms with Gasteiger partial charge in [-0.25, -0.2) is 9.18 Å². The largest absolute Gasteiger partial charge is 0.478 e. The van der Waals surface area contributed by atoms with Crippen molar-refractivity contribution >= 4 is 17.3 Å². The van der Waals surface area contributed by atoms with Gasteiger partial charge >= 0.3 is 5.97 Å². The lowest BCUT2D eigenvalue weighted by molar-refractivity contribution is 0.0698. The molecular formula is C20H16FNO3. The fourth-order valence-electron chi connectivity index (χ4n) is 2.55. The van der Waals surface area contributed by atoms with Crippen molar-refractivity contribution in [2.75, 3.05) is 5.32 Å². The highest BCUT2D eigenvalue weighted by Gasteiger charge is 2.12. The van der Waals surface area contributed by atoms with Gasteiger partial charge < -0.3 is 15.5 Å². The van der Waals surface area contributed by atoms with E-state index in [9.17, 15) is 19.4 Å². The Morgan fingerprint density at radius 2 is 1.68 bits per heavy atom. The van der Waals surface area contributed by atoms with Gasteiger partial charge in [0, 0.05) is 5.69 Å². The lowest BCUT2D eigenvalue weighted by Crippen LogP contribution is -2.03. The lowest BCUT2D eigenvalue weighted by atomic mass is 10.0. The second-order valence-corrected chi connectivity index (χ2v) is 5.56. The molecule has 25 heavy (non-hydrogen) atoms. The van der Waals surface area contributed by atoms with Crippen LogP contribution in [-0.2, 0) is 6.61 Å². The Kier molecular flexibility index (Phi) is 4.77. The first-order chi connectivity index (χ1) is 12.1. The van der Waals surface area contributed by atoms with E-state index in [0.29, 0.717) is 11.4 Å². The van der Waals surface area contributed by atoms with Crippen molar-refractivity contribution in [2.24, 2.45) is 0 Å². The van der Waals surface area contributed by atoms with Gasteiger partial charge in [-0.2, -0.15) is 0 Å². The molecule has 0 saturated carbocycles. The van der Waals surface area contributed by atoms with Crippen molar-refractivity contribution in [3.05, 3.63) is 83.7 Å². The molecule has 0 radical (unpaired) electrons. The van der Waals surface area contributed by atoms with E-state index in [1.807, 2.05) is 24.3 Å². The third-order valence-electron chi connectivity index (χ3n) is 3.82. The Labute approximate surface area is 144 Å². The number of hydrogen-bond acceptors (Lipinski definition) is 3. The maximum Gasteiger partial charge on any atom is 0.337 e. The molecule has 126 valence electrons. The minimum absolute atomic E-state index is 0.0677. The summed E-state index contributed by atoms with van der Waals surface area (Å²) in [6, 6.07) is 18.0. The molecule has 0 aromatic heterocycles. The molecule has 0 unspecified atom stereocenters. The summed E-state index contributed by atoms with van der Waals surface area (Å²) in [6.07, 6.45) is 0. The van der Waals surface area contributed by atoms with E-state index < -0.39 is 5.97 Å². The second kappa shape index (κ2) is 7.15. The van der Waals surface area contributed by atoms with Crippen molar-refractivity contribution in [3.8, 4) is 11.1 Å². The Balaban J connectivity index is 2.02. The van der Waals surface area contributed by atoms with Gasteiger partial charge in [-0.1, -0.05) is 24.3 Å². The number of carboxylic acids is 1. The van der Waals surface area contributed by atoms with E-state index in [4.69, 9.17) is 0 Å². The molecule has 3 rings (SSSR count). The van der Waals surface area contributed by atoms with Gasteiger partial charge in [-0.05, 0) is 59.2 Å². The van der Waals surface area contributed by atoms with Crippen LogP contribution in [-0.4, -0.2) is 16.2 Å². The summed E-state index contributed by atoms with van der Waals surface area (Å²) in [5.74, 6) is -1.42. The second-order valence-electron chi connectivity index (χ2n) is 5.56. The molecule has 0 atom stereocenters. The quantitative estimate of drug-likeness (QED) is 0.644. The van der Waals surface area contributed by atoms with Crippen molar-refractivity contribution in [1.29, 1.82) is 0 Å². The Morgan fingerprint density at radius 3 is 2.36 bits per heavy atom. The number of aliphatic hydroxyl groups excluding tert-OH is 1. The van der Waals surface area contributed by atoms with Crippen LogP contribution in [0, 0.1) is 5.82 Å². The van der Waals surface area contributed by atoms with Crippen LogP contribution in [0.15, 0.2) is 66.7 Å². The van der Waals surface area contributed by atoms with Gasteiger partial charge in [-0.15, -0.1) is 0 Å². The Morgan fingerprint density at radius 1 is 0.960 bits per heavy atom. The summed E-state index contributed by atoms with van der Waals surface area (Å²) in [5.41, 5.74) is 3.56. The van der Waals surface area contributed by atoms with Gasteiger partial charge in [0.15, 0.2) is 0 Å². The van der Waals surface area contributed by atoms with Gasteiger partial charge in [0.05, 0.1) is 17.9 Å². The van der Waals surface area contributed by atoms with Crippen LogP contribution >= 0.6 is 0 Å². The number of nitrogens with one attached hydrogen (secondary N) is 1. The zero-order chi connectivity index (χ0) is 17.8. The van der Waals surface area contributed by atoms with Crippen LogP contribution in [0.5, 0.6) is 0 Å². The molecule has 0 aliphatic heterocycles. The van der Waals surface area contributed by atoms with Crippen LogP contribution in [0.1, 0.15) is 15.9 Å². The maximum absolute atomic E-state index is 13.0. The van der Waals surface area contributed by atoms with Crippen molar-refractivity contribution in [3.63, 3.8) is 0 Å². The molecule has 4 nitrogen and oxygen atoms in total. The topological polar surface area (TPSA) is 69.6 Å². The molecule has 0 aliphatic rings. The van der Waals surface area contributed by atoms with E-state index in [0.717, 1.165) is 16.7 Å². The minimum Gasteiger partial charge on any atom is -0.478 e. The molecule has 3 aromatic carbocycles. The number of carboxylic acid groups (broad SMARTS) is 1. The van der Waals surface area contributed by atoms with E-state index in [2.05, 4.69) is 5.32 Å². The molecule has 0 heterocycles. The molecule has 0 fully saturated rings. The van der Waals surface area contributed by atoms with Gasteiger partial charge in [0.2, 0.25) is 0 Å². The van der Waals surface area contributed by atoms with Crippen molar-refractivity contribution in [1.82, 2.24) is 0 Å². The molecule has 3 N–H and O–H groups in total. The summed E-state index contributed by atoms with van der Waals surface area (Å²) in [5, 5.41) is 21.7. The molecule has 5 heteroatoms. The monoisotopic (exact) mass is 337 g/mol. The summed E-state index contributed by atoms with van der Waals surface area (Å²) < 4.78 is 13.0. The van der Waals surface area contributed by atoms with E-state index in [-0.39, 0.29) is 18.0 Å². The van der Waals surface area contributed by atoms with Crippen LogP contribution < -0.4 is 5.32 Å². The van der Waals surface area contributed by atoms with E-state index >= 15 is 0 Å². The smallest absolute Gasteiger partial charge is 0.337 e.